The molecule has 8 nitrogen and oxygen atoms in total. The van der Waals surface area contributed by atoms with Gasteiger partial charge in [0.2, 0.25) is 12.1 Å². The van der Waals surface area contributed by atoms with E-state index >= 15 is 0 Å². The zero-order valence-corrected chi connectivity index (χ0v) is 22.6. The number of para-hydroxylation sites is 1. The van der Waals surface area contributed by atoms with Crippen LogP contribution in [-0.4, -0.2) is 64.9 Å². The molecule has 2 aliphatic carbocycles. The molecular weight excluding hydrogens is 504 g/mol. The monoisotopic (exact) mass is 538 g/mol. The Kier molecular flexibility index (Phi) is 6.28. The minimum atomic E-state index is -1.36. The first-order chi connectivity index (χ1) is 19.5. The molecular formula is C32H34N4O4. The van der Waals surface area contributed by atoms with E-state index in [1.807, 2.05) is 29.2 Å². The van der Waals surface area contributed by atoms with Crippen molar-refractivity contribution in [1.29, 1.82) is 0 Å². The molecule has 2 aromatic carbocycles. The summed E-state index contributed by atoms with van der Waals surface area (Å²) in [5.41, 5.74) is 2.75. The van der Waals surface area contributed by atoms with Gasteiger partial charge in [0.05, 0.1) is 22.5 Å². The molecule has 2 saturated heterocycles. The van der Waals surface area contributed by atoms with E-state index in [0.29, 0.717) is 17.5 Å². The standard InChI is InChI=1S/C32H34N4O4/c37-27(34-17-20-13-14-21(18-34)16-15-20)19-35-26-12-6-5-11-25(26)28(22-7-1-2-8-22)33-29(32(35)40)36-30(38)23-9-3-4-10-24(23)31(36)39/h3-6,9-12,20-22,29H,1-2,7-8,13-19H2. The van der Waals surface area contributed by atoms with Gasteiger partial charge in [-0.25, -0.2) is 4.90 Å². The van der Waals surface area contributed by atoms with Gasteiger partial charge >= 0.3 is 0 Å². The number of benzodiazepines with no additional fused rings is 1. The smallest absolute Gasteiger partial charge is 0.273 e. The van der Waals surface area contributed by atoms with Crippen molar-refractivity contribution in [3.05, 3.63) is 65.2 Å². The van der Waals surface area contributed by atoms with Crippen molar-refractivity contribution in [2.24, 2.45) is 22.7 Å². The maximum Gasteiger partial charge on any atom is 0.273 e. The molecule has 1 unspecified atom stereocenters. The molecule has 4 aliphatic heterocycles. The van der Waals surface area contributed by atoms with Gasteiger partial charge in [-0.1, -0.05) is 43.2 Å². The van der Waals surface area contributed by atoms with Gasteiger partial charge in [0.25, 0.3) is 17.7 Å². The number of hydrogen-bond donors (Lipinski definition) is 0. The molecule has 0 radical (unpaired) electrons. The number of nitrogens with zero attached hydrogens (tertiary/aromatic N) is 4. The second kappa shape index (κ2) is 9.98. The normalized spacial score (nSPS) is 26.5. The summed E-state index contributed by atoms with van der Waals surface area (Å²) >= 11 is 0. The molecule has 206 valence electrons. The summed E-state index contributed by atoms with van der Waals surface area (Å²) in [4.78, 5) is 64.7. The van der Waals surface area contributed by atoms with Gasteiger partial charge in [-0.2, -0.15) is 0 Å². The van der Waals surface area contributed by atoms with E-state index in [1.165, 1.54) is 4.90 Å². The molecule has 0 spiro atoms. The largest absolute Gasteiger partial charge is 0.341 e. The van der Waals surface area contributed by atoms with Crippen molar-refractivity contribution in [2.45, 2.75) is 57.5 Å². The fourth-order valence-corrected chi connectivity index (χ4v) is 7.46. The van der Waals surface area contributed by atoms with Crippen molar-refractivity contribution in [3.63, 3.8) is 0 Å². The number of carbonyl (C=O) groups excluding carboxylic acids is 4. The van der Waals surface area contributed by atoms with Crippen molar-refractivity contribution in [2.75, 3.05) is 24.5 Å². The van der Waals surface area contributed by atoms with E-state index in [2.05, 4.69) is 0 Å². The highest BCUT2D eigenvalue weighted by molar-refractivity contribution is 6.24. The first-order valence-electron chi connectivity index (χ1n) is 14.7. The zero-order chi connectivity index (χ0) is 27.4. The Bertz CT molecular complexity index is 1370. The molecule has 0 N–H and O–H groups in total. The molecule has 40 heavy (non-hydrogen) atoms. The van der Waals surface area contributed by atoms with E-state index in [4.69, 9.17) is 4.99 Å². The predicted octanol–water partition coefficient (Wildman–Crippen LogP) is 4.28. The third-order valence-corrected chi connectivity index (χ3v) is 9.60. The van der Waals surface area contributed by atoms with Crippen LogP contribution in [0.1, 0.15) is 77.6 Å². The molecule has 4 amide bonds. The Labute approximate surface area is 234 Å². The minimum absolute atomic E-state index is 0.0904. The number of amides is 4. The number of anilines is 1. The quantitative estimate of drug-likeness (QED) is 0.544. The van der Waals surface area contributed by atoms with Crippen molar-refractivity contribution >= 4 is 35.0 Å². The molecule has 0 aromatic heterocycles. The van der Waals surface area contributed by atoms with Crippen LogP contribution in [0, 0.1) is 17.8 Å². The third-order valence-electron chi connectivity index (χ3n) is 9.60. The number of aliphatic imine (C=N–C) groups is 1. The maximum atomic E-state index is 14.4. The summed E-state index contributed by atoms with van der Waals surface area (Å²) in [7, 11) is 0. The van der Waals surface area contributed by atoms with E-state index in [0.717, 1.165) is 80.6 Å². The van der Waals surface area contributed by atoms with Gasteiger partial charge in [0, 0.05) is 24.6 Å². The fourth-order valence-electron chi connectivity index (χ4n) is 7.46. The Morgan fingerprint density at radius 3 is 1.90 bits per heavy atom. The predicted molar refractivity (Wildman–Crippen MR) is 150 cm³/mol. The van der Waals surface area contributed by atoms with Crippen LogP contribution in [0.15, 0.2) is 53.5 Å². The van der Waals surface area contributed by atoms with Crippen molar-refractivity contribution < 1.29 is 19.2 Å². The van der Waals surface area contributed by atoms with E-state index in [9.17, 15) is 19.2 Å². The Hall–Kier alpha value is -3.81. The lowest BCUT2D eigenvalue weighted by atomic mass is 9.84. The van der Waals surface area contributed by atoms with Gasteiger partial charge in [0.1, 0.15) is 6.54 Å². The van der Waals surface area contributed by atoms with Gasteiger partial charge in [0.15, 0.2) is 0 Å². The number of hydrogen-bond acceptors (Lipinski definition) is 5. The molecule has 8 rings (SSSR count). The molecule has 4 fully saturated rings. The second-order valence-corrected chi connectivity index (χ2v) is 12.0. The van der Waals surface area contributed by atoms with Gasteiger partial charge in [-0.15, -0.1) is 0 Å². The Morgan fingerprint density at radius 2 is 1.30 bits per heavy atom. The molecule has 6 aliphatic rings. The topological polar surface area (TPSA) is 90.4 Å². The average molecular weight is 539 g/mol. The number of rotatable bonds is 4. The summed E-state index contributed by atoms with van der Waals surface area (Å²) in [6, 6.07) is 14.3. The lowest BCUT2D eigenvalue weighted by Crippen LogP contribution is -2.52. The van der Waals surface area contributed by atoms with Crippen LogP contribution in [0.3, 0.4) is 0 Å². The first kappa shape index (κ1) is 25.2. The Balaban J connectivity index is 1.29. The molecule has 8 heteroatoms. The number of carbonyl (C=O) groups is 4. The van der Waals surface area contributed by atoms with Crippen LogP contribution in [-0.2, 0) is 9.59 Å². The van der Waals surface area contributed by atoms with Gasteiger partial charge < -0.3 is 4.90 Å². The molecule has 1 atom stereocenters. The first-order valence-corrected chi connectivity index (χ1v) is 14.7. The van der Waals surface area contributed by atoms with Crippen LogP contribution in [0.25, 0.3) is 0 Å². The van der Waals surface area contributed by atoms with Gasteiger partial charge in [-0.3, -0.25) is 29.1 Å². The van der Waals surface area contributed by atoms with Crippen LogP contribution >= 0.6 is 0 Å². The lowest BCUT2D eigenvalue weighted by molar-refractivity contribution is -0.132. The summed E-state index contributed by atoms with van der Waals surface area (Å²) in [5, 5.41) is 0. The molecule has 4 heterocycles. The summed E-state index contributed by atoms with van der Waals surface area (Å²) in [6.45, 7) is 1.32. The van der Waals surface area contributed by atoms with E-state index in [-0.39, 0.29) is 29.5 Å². The average Bonchev–Trinajstić information content (AvgIpc) is 3.42. The van der Waals surface area contributed by atoms with Crippen LogP contribution in [0.4, 0.5) is 5.69 Å². The van der Waals surface area contributed by atoms with Crippen molar-refractivity contribution in [3.8, 4) is 0 Å². The van der Waals surface area contributed by atoms with E-state index in [1.54, 1.807) is 24.3 Å². The number of fused-ring (bicyclic) bond motifs is 6. The lowest BCUT2D eigenvalue weighted by Gasteiger charge is -2.30. The highest BCUT2D eigenvalue weighted by Gasteiger charge is 2.47. The van der Waals surface area contributed by atoms with Crippen molar-refractivity contribution in [1.82, 2.24) is 9.80 Å². The van der Waals surface area contributed by atoms with Gasteiger partial charge in [-0.05, 0) is 68.6 Å². The summed E-state index contributed by atoms with van der Waals surface area (Å²) in [6.07, 6.45) is 7.26. The molecule has 2 bridgehead atoms. The summed E-state index contributed by atoms with van der Waals surface area (Å²) in [5.74, 6) is -0.488. The number of imide groups is 1. The van der Waals surface area contributed by atoms with E-state index < -0.39 is 23.9 Å². The summed E-state index contributed by atoms with van der Waals surface area (Å²) < 4.78 is 0. The van der Waals surface area contributed by atoms with Crippen LogP contribution in [0.5, 0.6) is 0 Å². The third kappa shape index (κ3) is 4.16. The molecule has 2 saturated carbocycles. The maximum absolute atomic E-state index is 14.4. The molecule has 2 aromatic rings. The Morgan fingerprint density at radius 1 is 0.750 bits per heavy atom. The SMILES string of the molecule is O=C(CN1C(=O)C(N2C(=O)c3ccccc3C2=O)N=C(C2CCCC2)c2ccccc21)N1CC2CCC(CC2)C1. The second-order valence-electron chi connectivity index (χ2n) is 12.0. The minimum Gasteiger partial charge on any atom is -0.341 e. The number of benzene rings is 2. The highest BCUT2D eigenvalue weighted by Crippen LogP contribution is 2.38. The zero-order valence-electron chi connectivity index (χ0n) is 22.6. The van der Waals surface area contributed by atoms with Crippen LogP contribution in [0.2, 0.25) is 0 Å². The van der Waals surface area contributed by atoms with Crippen LogP contribution < -0.4 is 4.90 Å². The highest BCUT2D eigenvalue weighted by atomic mass is 16.2. The fraction of sp³-hybridized carbons (Fsp3) is 0.469.